The van der Waals surface area contributed by atoms with Gasteiger partial charge >= 0.3 is 6.09 Å². The fraction of sp³-hybridized carbons (Fsp3) is 0.500. The molecule has 0 fully saturated rings. The topological polar surface area (TPSA) is 80.3 Å². The third kappa shape index (κ3) is 5.70. The van der Waals surface area contributed by atoms with E-state index in [4.69, 9.17) is 4.74 Å². The molecule has 1 heterocycles. The number of aromatic nitrogens is 1. The van der Waals surface area contributed by atoms with Crippen LogP contribution in [0.4, 0.5) is 4.79 Å². The number of para-hydroxylation sites is 1. The van der Waals surface area contributed by atoms with E-state index in [0.717, 1.165) is 15.2 Å². The highest BCUT2D eigenvalue weighted by molar-refractivity contribution is 7.18. The van der Waals surface area contributed by atoms with Crippen LogP contribution in [0.2, 0.25) is 0 Å². The molecule has 0 saturated heterocycles. The number of nitrogens with one attached hydrogen (secondary N) is 2. The van der Waals surface area contributed by atoms with Crippen LogP contribution < -0.4 is 10.6 Å². The lowest BCUT2D eigenvalue weighted by Crippen LogP contribution is -2.47. The van der Waals surface area contributed by atoms with Gasteiger partial charge in [-0.15, -0.1) is 11.3 Å². The van der Waals surface area contributed by atoms with Crippen LogP contribution in [-0.2, 0) is 9.53 Å². The smallest absolute Gasteiger partial charge is 0.408 e. The molecule has 2 aromatic rings. The Balaban J connectivity index is 1.85. The van der Waals surface area contributed by atoms with Crippen molar-refractivity contribution >= 4 is 33.6 Å². The number of hydrogen-bond acceptors (Lipinski definition) is 5. The summed E-state index contributed by atoms with van der Waals surface area (Å²) >= 11 is 1.63. The lowest BCUT2D eigenvalue weighted by Gasteiger charge is -2.22. The fourth-order valence-corrected chi connectivity index (χ4v) is 3.16. The van der Waals surface area contributed by atoms with Crippen molar-refractivity contribution in [3.8, 4) is 0 Å². The molecule has 2 atom stereocenters. The lowest BCUT2D eigenvalue weighted by molar-refractivity contribution is -0.122. The van der Waals surface area contributed by atoms with Crippen LogP contribution in [-0.4, -0.2) is 35.2 Å². The lowest BCUT2D eigenvalue weighted by atomic mass is 10.2. The van der Waals surface area contributed by atoms with Gasteiger partial charge in [-0.05, 0) is 39.8 Å². The largest absolute Gasteiger partial charge is 0.444 e. The predicted molar refractivity (Wildman–Crippen MR) is 99.9 cm³/mol. The Morgan fingerprint density at radius 3 is 2.56 bits per heavy atom. The first kappa shape index (κ1) is 19.2. The van der Waals surface area contributed by atoms with Gasteiger partial charge in [0, 0.05) is 12.5 Å². The summed E-state index contributed by atoms with van der Waals surface area (Å²) in [5, 5.41) is 6.37. The van der Waals surface area contributed by atoms with Gasteiger partial charge < -0.3 is 15.4 Å². The quantitative estimate of drug-likeness (QED) is 0.853. The summed E-state index contributed by atoms with van der Waals surface area (Å²) in [6.07, 6.45) is -0.602. The van der Waals surface area contributed by atoms with Crippen LogP contribution in [0.25, 0.3) is 10.2 Å². The summed E-state index contributed by atoms with van der Waals surface area (Å²) in [6, 6.07) is 7.29. The first-order valence-electron chi connectivity index (χ1n) is 8.28. The number of carbonyl (C=O) groups excluding carboxylic acids is 2. The number of alkyl carbamates (subject to hydrolysis) is 1. The Morgan fingerprint density at radius 2 is 1.92 bits per heavy atom. The van der Waals surface area contributed by atoms with E-state index in [1.165, 1.54) is 0 Å². The molecule has 2 amide bonds. The minimum absolute atomic E-state index is 0.0927. The van der Waals surface area contributed by atoms with Crippen LogP contribution >= 0.6 is 11.3 Å². The van der Waals surface area contributed by atoms with Gasteiger partial charge in [0.1, 0.15) is 11.6 Å². The van der Waals surface area contributed by atoms with Crippen molar-refractivity contribution in [1.29, 1.82) is 0 Å². The Morgan fingerprint density at radius 1 is 1.24 bits per heavy atom. The van der Waals surface area contributed by atoms with Crippen LogP contribution in [0.1, 0.15) is 45.5 Å². The van der Waals surface area contributed by atoms with Crippen LogP contribution in [0.3, 0.4) is 0 Å². The van der Waals surface area contributed by atoms with Gasteiger partial charge in [-0.3, -0.25) is 4.79 Å². The zero-order valence-corrected chi connectivity index (χ0v) is 16.1. The van der Waals surface area contributed by atoms with Crippen LogP contribution in [0.5, 0.6) is 0 Å². The molecule has 136 valence electrons. The Hall–Kier alpha value is -2.15. The molecule has 7 heteroatoms. The van der Waals surface area contributed by atoms with Crippen molar-refractivity contribution in [2.45, 2.75) is 52.2 Å². The SMILES string of the molecule is CC(NC(=O)OC(C)(C)C)C(=O)NCC(C)c1nc2ccccc2s1. The zero-order valence-electron chi connectivity index (χ0n) is 15.3. The average molecular weight is 363 g/mol. The molecule has 0 aliphatic rings. The molecule has 1 aromatic heterocycles. The molecular formula is C18H25N3O3S. The fourth-order valence-electron chi connectivity index (χ4n) is 2.14. The third-order valence-electron chi connectivity index (χ3n) is 3.44. The minimum atomic E-state index is -0.669. The summed E-state index contributed by atoms with van der Waals surface area (Å²) < 4.78 is 6.28. The van der Waals surface area contributed by atoms with Gasteiger partial charge in [0.25, 0.3) is 0 Å². The van der Waals surface area contributed by atoms with E-state index in [0.29, 0.717) is 6.54 Å². The maximum atomic E-state index is 12.2. The number of amides is 2. The van der Waals surface area contributed by atoms with E-state index in [1.807, 2.05) is 31.2 Å². The van der Waals surface area contributed by atoms with Crippen molar-refractivity contribution in [1.82, 2.24) is 15.6 Å². The predicted octanol–water partition coefficient (Wildman–Crippen LogP) is 3.43. The second-order valence-electron chi connectivity index (χ2n) is 7.03. The van der Waals surface area contributed by atoms with Gasteiger partial charge in [-0.2, -0.15) is 0 Å². The van der Waals surface area contributed by atoms with Gasteiger partial charge in [-0.1, -0.05) is 19.1 Å². The summed E-state index contributed by atoms with van der Waals surface area (Å²) in [5.41, 5.74) is 0.377. The maximum Gasteiger partial charge on any atom is 0.408 e. The highest BCUT2D eigenvalue weighted by Gasteiger charge is 2.21. The second-order valence-corrected chi connectivity index (χ2v) is 8.10. The van der Waals surface area contributed by atoms with Crippen molar-refractivity contribution in [3.63, 3.8) is 0 Å². The molecule has 0 aliphatic heterocycles. The number of ether oxygens (including phenoxy) is 1. The monoisotopic (exact) mass is 363 g/mol. The molecular weight excluding hydrogens is 338 g/mol. The third-order valence-corrected chi connectivity index (χ3v) is 4.71. The first-order chi connectivity index (χ1) is 11.7. The van der Waals surface area contributed by atoms with Crippen molar-refractivity contribution in [2.75, 3.05) is 6.54 Å². The maximum absolute atomic E-state index is 12.2. The molecule has 6 nitrogen and oxygen atoms in total. The molecule has 2 unspecified atom stereocenters. The van der Waals surface area contributed by atoms with Crippen molar-refractivity contribution in [3.05, 3.63) is 29.3 Å². The van der Waals surface area contributed by atoms with Gasteiger partial charge in [-0.25, -0.2) is 9.78 Å². The molecule has 0 bridgehead atoms. The summed E-state index contributed by atoms with van der Waals surface area (Å²) in [5.74, 6) is -0.158. The number of thiazole rings is 1. The Kier molecular flexibility index (Phi) is 6.00. The van der Waals surface area contributed by atoms with Crippen molar-refractivity contribution in [2.24, 2.45) is 0 Å². The van der Waals surface area contributed by atoms with Crippen LogP contribution in [0.15, 0.2) is 24.3 Å². The average Bonchev–Trinajstić information content (AvgIpc) is 2.94. The number of carbonyl (C=O) groups is 2. The molecule has 2 N–H and O–H groups in total. The van der Waals surface area contributed by atoms with Gasteiger partial charge in [0.2, 0.25) is 5.91 Å². The minimum Gasteiger partial charge on any atom is -0.444 e. The molecule has 25 heavy (non-hydrogen) atoms. The number of rotatable bonds is 5. The Labute approximate surface area is 152 Å². The van der Waals surface area contributed by atoms with Gasteiger partial charge in [0.15, 0.2) is 0 Å². The number of benzene rings is 1. The normalized spacial score (nSPS) is 14.0. The highest BCUT2D eigenvalue weighted by Crippen LogP contribution is 2.26. The van der Waals surface area contributed by atoms with Gasteiger partial charge in [0.05, 0.1) is 15.2 Å². The summed E-state index contributed by atoms with van der Waals surface area (Å²) in [6.45, 7) is 9.43. The zero-order chi connectivity index (χ0) is 18.6. The van der Waals surface area contributed by atoms with E-state index in [-0.39, 0.29) is 11.8 Å². The number of fused-ring (bicyclic) bond motifs is 1. The highest BCUT2D eigenvalue weighted by atomic mass is 32.1. The van der Waals surface area contributed by atoms with E-state index in [2.05, 4.69) is 15.6 Å². The number of hydrogen-bond donors (Lipinski definition) is 2. The molecule has 0 saturated carbocycles. The molecule has 2 rings (SSSR count). The summed E-state index contributed by atoms with van der Waals surface area (Å²) in [7, 11) is 0. The van der Waals surface area contributed by atoms with Crippen LogP contribution in [0, 0.1) is 0 Å². The second kappa shape index (κ2) is 7.82. The standard InChI is InChI=1S/C18H25N3O3S/c1-11(16-21-13-8-6-7-9-14(13)25-16)10-19-15(22)12(2)20-17(23)24-18(3,4)5/h6-9,11-12H,10H2,1-5H3,(H,19,22)(H,20,23). The van der Waals surface area contributed by atoms with E-state index < -0.39 is 17.7 Å². The van der Waals surface area contributed by atoms with E-state index in [1.54, 1.807) is 39.0 Å². The first-order valence-corrected chi connectivity index (χ1v) is 9.10. The molecule has 0 radical (unpaired) electrons. The Bertz CT molecular complexity index is 718. The number of nitrogens with zero attached hydrogens (tertiary/aromatic N) is 1. The van der Waals surface area contributed by atoms with E-state index in [9.17, 15) is 9.59 Å². The van der Waals surface area contributed by atoms with Crippen molar-refractivity contribution < 1.29 is 14.3 Å². The molecule has 1 aromatic carbocycles. The molecule has 0 spiro atoms. The summed E-state index contributed by atoms with van der Waals surface area (Å²) in [4.78, 5) is 28.5. The molecule has 0 aliphatic carbocycles. The van der Waals surface area contributed by atoms with E-state index >= 15 is 0 Å².